The summed E-state index contributed by atoms with van der Waals surface area (Å²) in [5.41, 5.74) is -1.70. The van der Waals surface area contributed by atoms with Crippen molar-refractivity contribution >= 4 is 41.5 Å². The first-order valence-corrected chi connectivity index (χ1v) is 22.4. The second-order valence-corrected chi connectivity index (χ2v) is 18.8. The van der Waals surface area contributed by atoms with Crippen LogP contribution in [0.3, 0.4) is 0 Å². The molecule has 19 heteroatoms. The fraction of sp³-hybridized carbons (Fsp3) is 0.604. The van der Waals surface area contributed by atoms with E-state index in [9.17, 15) is 38.7 Å². The highest BCUT2D eigenvalue weighted by Gasteiger charge is 2.62. The second kappa shape index (κ2) is 21.9. The van der Waals surface area contributed by atoms with Crippen molar-refractivity contribution in [3.8, 4) is 0 Å². The Balaban J connectivity index is 1.50. The molecule has 0 spiro atoms. The molecule has 366 valence electrons. The zero-order valence-corrected chi connectivity index (χ0v) is 39.0. The van der Waals surface area contributed by atoms with Crippen LogP contribution in [0.15, 0.2) is 54.6 Å². The minimum atomic E-state index is -1.87. The molecule has 4 aliphatic heterocycles. The molecule has 2 aromatic carbocycles. The number of aliphatic hydroxyl groups excluding tert-OH is 1. The van der Waals surface area contributed by atoms with Gasteiger partial charge < -0.3 is 57.3 Å². The van der Waals surface area contributed by atoms with Gasteiger partial charge in [-0.1, -0.05) is 42.5 Å². The molecule has 2 amide bonds. The Labute approximate surface area is 388 Å². The summed E-state index contributed by atoms with van der Waals surface area (Å²) in [6, 6.07) is 13.1. The number of aliphatic hydroxyl groups is 1. The molecular formula is C48H61NO18. The summed E-state index contributed by atoms with van der Waals surface area (Å²) >= 11 is 0. The van der Waals surface area contributed by atoms with Crippen LogP contribution < -0.4 is 0 Å². The minimum absolute atomic E-state index is 0.00907. The van der Waals surface area contributed by atoms with E-state index in [1.54, 1.807) is 84.0 Å². The van der Waals surface area contributed by atoms with E-state index in [1.165, 1.54) is 19.1 Å². The first-order valence-electron chi connectivity index (χ1n) is 22.4. The first-order chi connectivity index (χ1) is 31.7. The lowest BCUT2D eigenvalue weighted by Gasteiger charge is -2.52. The van der Waals surface area contributed by atoms with E-state index in [-0.39, 0.29) is 49.6 Å². The van der Waals surface area contributed by atoms with Gasteiger partial charge in [0.05, 0.1) is 42.1 Å². The van der Waals surface area contributed by atoms with Crippen LogP contribution in [0, 0.1) is 10.8 Å². The number of carbonyl (C=O) groups is 7. The number of imide groups is 1. The first kappa shape index (κ1) is 51.2. The van der Waals surface area contributed by atoms with Crippen LogP contribution in [0.4, 0.5) is 0 Å². The topological polar surface area (TPSA) is 235 Å². The van der Waals surface area contributed by atoms with E-state index in [1.807, 2.05) is 0 Å². The Kier molecular flexibility index (Phi) is 16.7. The summed E-state index contributed by atoms with van der Waals surface area (Å²) in [5.74, 6) is -5.47. The van der Waals surface area contributed by atoms with Gasteiger partial charge in [0.25, 0.3) is 11.8 Å². The third kappa shape index (κ3) is 11.9. The molecule has 0 unspecified atom stereocenters. The van der Waals surface area contributed by atoms with Crippen molar-refractivity contribution in [2.75, 3.05) is 26.9 Å². The molecule has 4 aliphatic rings. The Bertz CT molecular complexity index is 2080. The van der Waals surface area contributed by atoms with E-state index < -0.39 is 114 Å². The van der Waals surface area contributed by atoms with E-state index in [0.29, 0.717) is 24.8 Å². The van der Waals surface area contributed by atoms with Gasteiger partial charge in [0.2, 0.25) is 0 Å². The molecule has 19 nitrogen and oxygen atoms in total. The molecule has 3 saturated heterocycles. The molecule has 1 N–H and O–H groups in total. The molecule has 3 fully saturated rings. The number of ketones is 1. The van der Waals surface area contributed by atoms with E-state index in [4.69, 9.17) is 47.4 Å². The van der Waals surface area contributed by atoms with Gasteiger partial charge in [-0.05, 0) is 79.9 Å². The van der Waals surface area contributed by atoms with E-state index >= 15 is 0 Å². The van der Waals surface area contributed by atoms with Gasteiger partial charge in [0, 0.05) is 25.2 Å². The Morgan fingerprint density at radius 2 is 1.33 bits per heavy atom. The average Bonchev–Trinajstić information content (AvgIpc) is 3.54. The van der Waals surface area contributed by atoms with Crippen LogP contribution in [0.1, 0.15) is 113 Å². The normalized spacial score (nSPS) is 28.5. The molecule has 11 atom stereocenters. The number of hydrogen-bond donors (Lipinski definition) is 1. The maximum atomic E-state index is 14.5. The number of esters is 4. The van der Waals surface area contributed by atoms with Crippen molar-refractivity contribution in [2.45, 2.75) is 148 Å². The maximum Gasteiger partial charge on any atom is 0.338 e. The number of rotatable bonds is 17. The standard InChI is InChI=1S/C48H61NO18/c1-26(51)21-22-31(52)62-34-32(49-39(53)28-19-13-14-20-29(28)40(49)54)43(61-30-25-60-42(63-33(30)34)27-17-11-9-12-18-27)64-35-36(66-45(56)47(2,3)4)38(67-46(57)48(5,6)7)44(59-24-16-10-15-23-50)65-37(35)41(55)58-8/h9,11-14,17-20,30,32-38,42-44,50H,10,15-16,21-25H2,1-8H3/t30-,32-,33-,34-,35+,36+,37+,38-,42-,43+,44-/m1/s1. The number of nitrogens with zero attached hydrogens (tertiary/aromatic N) is 1. The molecule has 0 radical (unpaired) electrons. The summed E-state index contributed by atoms with van der Waals surface area (Å²) in [5, 5.41) is 9.35. The van der Waals surface area contributed by atoms with Gasteiger partial charge >= 0.3 is 23.9 Å². The van der Waals surface area contributed by atoms with Crippen molar-refractivity contribution in [1.82, 2.24) is 4.90 Å². The highest BCUT2D eigenvalue weighted by Crippen LogP contribution is 2.42. The van der Waals surface area contributed by atoms with Crippen molar-refractivity contribution in [2.24, 2.45) is 10.8 Å². The van der Waals surface area contributed by atoms with Gasteiger partial charge in [-0.25, -0.2) is 4.79 Å². The van der Waals surface area contributed by atoms with Crippen LogP contribution in [-0.2, 0) is 71.3 Å². The van der Waals surface area contributed by atoms with E-state index in [0.717, 1.165) is 12.0 Å². The fourth-order valence-corrected chi connectivity index (χ4v) is 7.83. The summed E-state index contributed by atoms with van der Waals surface area (Å²) in [6.07, 6.45) is -14.7. The molecule has 0 saturated carbocycles. The Hall–Kier alpha value is -5.15. The van der Waals surface area contributed by atoms with Crippen LogP contribution >= 0.6 is 0 Å². The number of amides is 2. The molecular weight excluding hydrogens is 879 g/mol. The number of carbonyl (C=O) groups excluding carboxylic acids is 7. The number of unbranched alkanes of at least 4 members (excludes halogenated alkanes) is 2. The highest BCUT2D eigenvalue weighted by molar-refractivity contribution is 6.21. The quantitative estimate of drug-likeness (QED) is 0.102. The van der Waals surface area contributed by atoms with Crippen molar-refractivity contribution < 1.29 is 86.0 Å². The number of Topliss-reactive ketones (excluding diaryl/α,β-unsaturated/α-hetero) is 1. The number of hydrogen-bond acceptors (Lipinski definition) is 18. The largest absolute Gasteiger partial charge is 0.467 e. The number of methoxy groups -OCH3 is 1. The summed E-state index contributed by atoms with van der Waals surface area (Å²) < 4.78 is 62.1. The lowest BCUT2D eigenvalue weighted by molar-refractivity contribution is -0.373. The SMILES string of the molecule is COC(=O)[C@H]1O[C@@H](OCCCCCO)[C@H](OC(=O)C(C)(C)C)[C@@H](OC(=O)C(C)(C)C)[C@@H]1O[C@@H]1O[C@@H]2CO[C@@H](c3ccccc3)O[C@H]2[C@H](OC(=O)CCC(C)=O)[C@H]1N1C(=O)c2ccccc2C1=O. The van der Waals surface area contributed by atoms with E-state index in [2.05, 4.69) is 0 Å². The van der Waals surface area contributed by atoms with Gasteiger partial charge in [-0.3, -0.25) is 28.9 Å². The molecule has 0 aliphatic carbocycles. The summed E-state index contributed by atoms with van der Waals surface area (Å²) in [4.78, 5) is 97.5. The Morgan fingerprint density at radius 3 is 1.91 bits per heavy atom. The van der Waals surface area contributed by atoms with Crippen molar-refractivity contribution in [3.05, 3.63) is 71.3 Å². The number of ether oxygens (including phenoxy) is 10. The van der Waals surface area contributed by atoms with Crippen molar-refractivity contribution in [3.63, 3.8) is 0 Å². The maximum absolute atomic E-state index is 14.5. The smallest absolute Gasteiger partial charge is 0.338 e. The molecule has 0 bridgehead atoms. The van der Waals surface area contributed by atoms with Crippen LogP contribution in [-0.4, -0.2) is 140 Å². The Morgan fingerprint density at radius 1 is 0.716 bits per heavy atom. The molecule has 4 heterocycles. The van der Waals surface area contributed by atoms with Gasteiger partial charge in [0.1, 0.15) is 30.1 Å². The van der Waals surface area contributed by atoms with Crippen LogP contribution in [0.25, 0.3) is 0 Å². The predicted octanol–water partition coefficient (Wildman–Crippen LogP) is 4.15. The van der Waals surface area contributed by atoms with Crippen LogP contribution in [0.5, 0.6) is 0 Å². The monoisotopic (exact) mass is 939 g/mol. The van der Waals surface area contributed by atoms with Crippen LogP contribution in [0.2, 0.25) is 0 Å². The zero-order valence-electron chi connectivity index (χ0n) is 39.0. The lowest BCUT2D eigenvalue weighted by Crippen LogP contribution is -2.71. The molecule has 2 aromatic rings. The molecule has 67 heavy (non-hydrogen) atoms. The molecule has 0 aromatic heterocycles. The molecule has 6 rings (SSSR count). The third-order valence-electron chi connectivity index (χ3n) is 11.5. The highest BCUT2D eigenvalue weighted by atomic mass is 16.8. The number of benzene rings is 2. The van der Waals surface area contributed by atoms with Gasteiger partial charge in [0.15, 0.2) is 43.3 Å². The summed E-state index contributed by atoms with van der Waals surface area (Å²) in [7, 11) is 1.08. The fourth-order valence-electron chi connectivity index (χ4n) is 7.83. The van der Waals surface area contributed by atoms with Gasteiger partial charge in [-0.2, -0.15) is 0 Å². The zero-order chi connectivity index (χ0) is 48.8. The van der Waals surface area contributed by atoms with Gasteiger partial charge in [-0.15, -0.1) is 0 Å². The summed E-state index contributed by atoms with van der Waals surface area (Å²) in [6.45, 7) is 10.5. The lowest BCUT2D eigenvalue weighted by atomic mass is 9.92. The van der Waals surface area contributed by atoms with Crippen molar-refractivity contribution in [1.29, 1.82) is 0 Å². The minimum Gasteiger partial charge on any atom is -0.467 e. The predicted molar refractivity (Wildman–Crippen MR) is 230 cm³/mol. The second-order valence-electron chi connectivity index (χ2n) is 18.8. The average molecular weight is 940 g/mol. The third-order valence-corrected chi connectivity index (χ3v) is 11.5. The number of fused-ring (bicyclic) bond motifs is 2.